The van der Waals surface area contributed by atoms with Gasteiger partial charge >= 0.3 is 0 Å². The third kappa shape index (κ3) is 6.31. The van der Waals surface area contributed by atoms with Crippen LogP contribution in [0.4, 0.5) is 5.69 Å². The lowest BCUT2D eigenvalue weighted by atomic mass is 10.2. The highest BCUT2D eigenvalue weighted by atomic mass is 15.3. The van der Waals surface area contributed by atoms with Crippen LogP contribution in [0.3, 0.4) is 0 Å². The molecule has 148 valence electrons. The fraction of sp³-hybridized carbons (Fsp3) is 0.524. The van der Waals surface area contributed by atoms with Crippen LogP contribution in [0.25, 0.3) is 0 Å². The van der Waals surface area contributed by atoms with Gasteiger partial charge in [-0.3, -0.25) is 4.68 Å². The molecule has 6 nitrogen and oxygen atoms in total. The largest absolute Gasteiger partial charge is 0.375 e. The van der Waals surface area contributed by atoms with Gasteiger partial charge in [-0.25, -0.2) is 4.99 Å². The zero-order valence-corrected chi connectivity index (χ0v) is 17.4. The molecule has 0 spiro atoms. The SMILES string of the molecule is CCNC(=NCc1c(C)nn(C)c1C)NCCCCN(C)c1ccccc1. The van der Waals surface area contributed by atoms with Gasteiger partial charge in [0.1, 0.15) is 0 Å². The number of aryl methyl sites for hydroxylation is 2. The number of nitrogens with zero attached hydrogens (tertiary/aromatic N) is 4. The van der Waals surface area contributed by atoms with Gasteiger partial charge in [0, 0.05) is 50.7 Å². The van der Waals surface area contributed by atoms with E-state index < -0.39 is 0 Å². The molecule has 0 bridgehead atoms. The summed E-state index contributed by atoms with van der Waals surface area (Å²) in [6, 6.07) is 10.5. The predicted molar refractivity (Wildman–Crippen MR) is 114 cm³/mol. The van der Waals surface area contributed by atoms with Crippen LogP contribution in [-0.2, 0) is 13.6 Å². The molecule has 2 N–H and O–H groups in total. The van der Waals surface area contributed by atoms with Gasteiger partial charge < -0.3 is 15.5 Å². The van der Waals surface area contributed by atoms with Crippen LogP contribution in [0.2, 0.25) is 0 Å². The number of aliphatic imine (C=N–C) groups is 1. The highest BCUT2D eigenvalue weighted by molar-refractivity contribution is 5.79. The van der Waals surface area contributed by atoms with Crippen molar-refractivity contribution in [1.29, 1.82) is 0 Å². The lowest BCUT2D eigenvalue weighted by Gasteiger charge is -2.19. The molecule has 27 heavy (non-hydrogen) atoms. The van der Waals surface area contributed by atoms with Crippen molar-refractivity contribution in [3.05, 3.63) is 47.3 Å². The van der Waals surface area contributed by atoms with Crippen LogP contribution >= 0.6 is 0 Å². The van der Waals surface area contributed by atoms with Crippen molar-refractivity contribution in [2.45, 2.75) is 40.2 Å². The maximum absolute atomic E-state index is 4.73. The van der Waals surface area contributed by atoms with Crippen LogP contribution in [0, 0.1) is 13.8 Å². The van der Waals surface area contributed by atoms with Crippen molar-refractivity contribution in [2.24, 2.45) is 12.0 Å². The van der Waals surface area contributed by atoms with Crippen LogP contribution in [0.1, 0.15) is 36.7 Å². The van der Waals surface area contributed by atoms with Crippen molar-refractivity contribution in [2.75, 3.05) is 31.6 Å². The van der Waals surface area contributed by atoms with E-state index in [1.165, 1.54) is 16.9 Å². The Morgan fingerprint density at radius 2 is 1.89 bits per heavy atom. The molecule has 1 heterocycles. The summed E-state index contributed by atoms with van der Waals surface area (Å²) >= 11 is 0. The Morgan fingerprint density at radius 3 is 2.52 bits per heavy atom. The number of anilines is 1. The summed E-state index contributed by atoms with van der Waals surface area (Å²) in [5.74, 6) is 0.872. The first-order valence-electron chi connectivity index (χ1n) is 9.80. The minimum Gasteiger partial charge on any atom is -0.375 e. The standard InChI is InChI=1S/C21H34N6/c1-6-22-21(24-16-20-17(2)25-27(5)18(20)3)23-14-10-11-15-26(4)19-12-8-7-9-13-19/h7-9,12-13H,6,10-11,14-16H2,1-5H3,(H2,22,23,24). The normalized spacial score (nSPS) is 11.5. The summed E-state index contributed by atoms with van der Waals surface area (Å²) in [5, 5.41) is 11.2. The maximum Gasteiger partial charge on any atom is 0.191 e. The molecule has 0 unspecified atom stereocenters. The van der Waals surface area contributed by atoms with Gasteiger partial charge in [0.25, 0.3) is 0 Å². The van der Waals surface area contributed by atoms with Crippen molar-refractivity contribution < 1.29 is 0 Å². The minimum atomic E-state index is 0.650. The van der Waals surface area contributed by atoms with Gasteiger partial charge in [0.05, 0.1) is 12.2 Å². The zero-order valence-electron chi connectivity index (χ0n) is 17.4. The van der Waals surface area contributed by atoms with Crippen LogP contribution in [0.5, 0.6) is 0 Å². The van der Waals surface area contributed by atoms with Gasteiger partial charge in [-0.1, -0.05) is 18.2 Å². The monoisotopic (exact) mass is 370 g/mol. The Bertz CT molecular complexity index is 720. The molecule has 0 amide bonds. The fourth-order valence-corrected chi connectivity index (χ4v) is 3.04. The van der Waals surface area contributed by atoms with Gasteiger partial charge in [-0.15, -0.1) is 0 Å². The summed E-state index contributed by atoms with van der Waals surface area (Å²) in [5.41, 5.74) is 4.70. The van der Waals surface area contributed by atoms with Gasteiger partial charge in [0.2, 0.25) is 0 Å². The second-order valence-corrected chi connectivity index (χ2v) is 6.86. The molecule has 2 rings (SSSR count). The van der Waals surface area contributed by atoms with Crippen LogP contribution < -0.4 is 15.5 Å². The molecule has 2 aromatic rings. The second-order valence-electron chi connectivity index (χ2n) is 6.86. The van der Waals surface area contributed by atoms with E-state index in [0.29, 0.717) is 6.54 Å². The smallest absolute Gasteiger partial charge is 0.191 e. The zero-order chi connectivity index (χ0) is 19.6. The average molecular weight is 371 g/mol. The van der Waals surface area contributed by atoms with Crippen molar-refractivity contribution in [3.8, 4) is 0 Å². The van der Waals surface area contributed by atoms with E-state index in [1.807, 2.05) is 18.7 Å². The number of unbranched alkanes of at least 4 members (excludes halogenated alkanes) is 1. The Hall–Kier alpha value is -2.50. The first-order chi connectivity index (χ1) is 13.0. The van der Waals surface area contributed by atoms with Crippen LogP contribution in [-0.4, -0.2) is 42.4 Å². The Balaban J connectivity index is 1.77. The van der Waals surface area contributed by atoms with Gasteiger partial charge in [-0.2, -0.15) is 5.10 Å². The van der Waals surface area contributed by atoms with Gasteiger partial charge in [-0.05, 0) is 45.7 Å². The molecule has 6 heteroatoms. The third-order valence-electron chi connectivity index (χ3n) is 4.81. The molecule has 0 aliphatic heterocycles. The van der Waals surface area contributed by atoms with Crippen molar-refractivity contribution in [3.63, 3.8) is 0 Å². The Labute approximate surface area is 163 Å². The van der Waals surface area contributed by atoms with Crippen LogP contribution in [0.15, 0.2) is 35.3 Å². The molecular formula is C21H34N6. The van der Waals surface area contributed by atoms with Crippen molar-refractivity contribution in [1.82, 2.24) is 20.4 Å². The van der Waals surface area contributed by atoms with E-state index in [4.69, 9.17) is 4.99 Å². The van der Waals surface area contributed by atoms with E-state index in [0.717, 1.165) is 44.1 Å². The van der Waals surface area contributed by atoms with Gasteiger partial charge in [0.15, 0.2) is 5.96 Å². The molecular weight excluding hydrogens is 336 g/mol. The number of hydrogen-bond donors (Lipinski definition) is 2. The Kier molecular flexibility index (Phi) is 8.17. The summed E-state index contributed by atoms with van der Waals surface area (Å²) in [6.45, 7) is 9.69. The lowest BCUT2D eigenvalue weighted by Crippen LogP contribution is -2.38. The summed E-state index contributed by atoms with van der Waals surface area (Å²) < 4.78 is 1.92. The quantitative estimate of drug-likeness (QED) is 0.405. The summed E-state index contributed by atoms with van der Waals surface area (Å²) in [4.78, 5) is 7.03. The maximum atomic E-state index is 4.73. The van der Waals surface area contributed by atoms with E-state index in [1.54, 1.807) is 0 Å². The third-order valence-corrected chi connectivity index (χ3v) is 4.81. The van der Waals surface area contributed by atoms with E-state index >= 15 is 0 Å². The first kappa shape index (κ1) is 20.8. The molecule has 0 atom stereocenters. The highest BCUT2D eigenvalue weighted by Gasteiger charge is 2.09. The first-order valence-corrected chi connectivity index (χ1v) is 9.80. The molecule has 0 aliphatic carbocycles. The molecule has 1 aromatic carbocycles. The minimum absolute atomic E-state index is 0.650. The number of benzene rings is 1. The molecule has 0 aliphatic rings. The molecule has 1 aromatic heterocycles. The summed E-state index contributed by atoms with van der Waals surface area (Å²) in [6.07, 6.45) is 2.24. The average Bonchev–Trinajstić information content (AvgIpc) is 2.91. The lowest BCUT2D eigenvalue weighted by molar-refractivity contribution is 0.686. The number of para-hydroxylation sites is 1. The fourth-order valence-electron chi connectivity index (χ4n) is 3.04. The van der Waals surface area contributed by atoms with E-state index in [2.05, 4.69) is 71.9 Å². The number of nitrogens with one attached hydrogen (secondary N) is 2. The second kappa shape index (κ2) is 10.6. The molecule has 0 saturated carbocycles. The van der Waals surface area contributed by atoms with E-state index in [9.17, 15) is 0 Å². The number of rotatable bonds is 9. The van der Waals surface area contributed by atoms with Crippen molar-refractivity contribution >= 4 is 11.6 Å². The number of aromatic nitrogens is 2. The highest BCUT2D eigenvalue weighted by Crippen LogP contribution is 2.13. The molecule has 0 fully saturated rings. The topological polar surface area (TPSA) is 57.5 Å². The molecule has 0 saturated heterocycles. The number of guanidine groups is 1. The van der Waals surface area contributed by atoms with E-state index in [-0.39, 0.29) is 0 Å². The number of hydrogen-bond acceptors (Lipinski definition) is 3. The summed E-state index contributed by atoms with van der Waals surface area (Å²) in [7, 11) is 4.12. The molecule has 0 radical (unpaired) electrons. The Morgan fingerprint density at radius 1 is 1.15 bits per heavy atom. The predicted octanol–water partition coefficient (Wildman–Crippen LogP) is 3.01.